The quantitative estimate of drug-likeness (QED) is 0.582. The summed E-state index contributed by atoms with van der Waals surface area (Å²) in [6.07, 6.45) is 2.09. The van der Waals surface area contributed by atoms with Gasteiger partial charge in [0.25, 0.3) is 0 Å². The van der Waals surface area contributed by atoms with Crippen LogP contribution in [-0.4, -0.2) is 23.8 Å². The molecule has 2 atom stereocenters. The molecule has 0 amide bonds. The molecule has 2 unspecified atom stereocenters. The first-order chi connectivity index (χ1) is 5.15. The van der Waals surface area contributed by atoms with Crippen LogP contribution in [0.1, 0.15) is 6.42 Å². The van der Waals surface area contributed by atoms with Crippen molar-refractivity contribution in [3.63, 3.8) is 0 Å². The number of carboxylic acids is 1. The lowest BCUT2D eigenvalue weighted by Gasteiger charge is -2.26. The largest absolute Gasteiger partial charge is 0.480 e. The molecule has 1 aliphatic carbocycles. The van der Waals surface area contributed by atoms with Crippen molar-refractivity contribution in [2.75, 3.05) is 6.67 Å². The second kappa shape index (κ2) is 3.00. The van der Waals surface area contributed by atoms with Gasteiger partial charge in [-0.25, -0.2) is 4.39 Å². The molecule has 1 rings (SSSR count). The number of aliphatic carboxylic acids is 1. The summed E-state index contributed by atoms with van der Waals surface area (Å²) in [7, 11) is 0. The van der Waals surface area contributed by atoms with Gasteiger partial charge in [-0.1, -0.05) is 6.08 Å². The molecule has 11 heavy (non-hydrogen) atoms. The first-order valence-corrected chi connectivity index (χ1v) is 3.39. The summed E-state index contributed by atoms with van der Waals surface area (Å²) >= 11 is 0. The SMILES string of the molecule is NC(C(=O)O)C1C=C(CF)C1. The van der Waals surface area contributed by atoms with Crippen LogP contribution in [0, 0.1) is 5.92 Å². The maximum absolute atomic E-state index is 11.8. The molecule has 3 N–H and O–H groups in total. The van der Waals surface area contributed by atoms with Gasteiger partial charge in [0.05, 0.1) is 0 Å². The van der Waals surface area contributed by atoms with E-state index in [-0.39, 0.29) is 5.92 Å². The Morgan fingerprint density at radius 3 is 2.91 bits per heavy atom. The molecule has 1 aliphatic rings. The number of alkyl halides is 1. The molecule has 3 nitrogen and oxygen atoms in total. The van der Waals surface area contributed by atoms with Crippen molar-refractivity contribution in [1.29, 1.82) is 0 Å². The summed E-state index contributed by atoms with van der Waals surface area (Å²) in [4.78, 5) is 10.3. The predicted octanol–water partition coefficient (Wildman–Crippen LogP) is 0.314. The van der Waals surface area contributed by atoms with Gasteiger partial charge in [0.1, 0.15) is 12.7 Å². The first-order valence-electron chi connectivity index (χ1n) is 3.39. The molecule has 0 spiro atoms. The monoisotopic (exact) mass is 159 g/mol. The highest BCUT2D eigenvalue weighted by Gasteiger charge is 2.29. The lowest BCUT2D eigenvalue weighted by atomic mass is 9.82. The van der Waals surface area contributed by atoms with Crippen LogP contribution in [0.25, 0.3) is 0 Å². The van der Waals surface area contributed by atoms with E-state index in [4.69, 9.17) is 10.8 Å². The van der Waals surface area contributed by atoms with E-state index in [0.717, 1.165) is 0 Å². The Morgan fingerprint density at radius 2 is 2.55 bits per heavy atom. The highest BCUT2D eigenvalue weighted by Crippen LogP contribution is 2.28. The maximum atomic E-state index is 11.8. The van der Waals surface area contributed by atoms with Crippen LogP contribution in [0.5, 0.6) is 0 Å². The lowest BCUT2D eigenvalue weighted by molar-refractivity contribution is -0.139. The van der Waals surface area contributed by atoms with Gasteiger partial charge < -0.3 is 10.8 Å². The van der Waals surface area contributed by atoms with Gasteiger partial charge in [-0.15, -0.1) is 0 Å². The van der Waals surface area contributed by atoms with E-state index in [1.165, 1.54) is 0 Å². The number of rotatable bonds is 3. The summed E-state index contributed by atoms with van der Waals surface area (Å²) in [5, 5.41) is 8.43. The third-order valence-corrected chi connectivity index (χ3v) is 1.87. The fraction of sp³-hybridized carbons (Fsp3) is 0.571. The first kappa shape index (κ1) is 8.20. The summed E-state index contributed by atoms with van der Waals surface area (Å²) in [5.41, 5.74) is 5.93. The molecule has 0 bridgehead atoms. The Kier molecular flexibility index (Phi) is 2.24. The van der Waals surface area contributed by atoms with Crippen LogP contribution >= 0.6 is 0 Å². The number of hydrogen-bond donors (Lipinski definition) is 2. The summed E-state index contributed by atoms with van der Waals surface area (Å²) in [6.45, 7) is -0.483. The smallest absolute Gasteiger partial charge is 0.321 e. The normalized spacial score (nSPS) is 25.3. The zero-order valence-electron chi connectivity index (χ0n) is 5.96. The topological polar surface area (TPSA) is 63.3 Å². The van der Waals surface area contributed by atoms with Gasteiger partial charge in [0.15, 0.2) is 0 Å². The minimum atomic E-state index is -1.02. The van der Waals surface area contributed by atoms with E-state index < -0.39 is 18.7 Å². The molecule has 0 heterocycles. The molecule has 0 saturated heterocycles. The second-order valence-corrected chi connectivity index (χ2v) is 2.69. The highest BCUT2D eigenvalue weighted by atomic mass is 19.1. The fourth-order valence-corrected chi connectivity index (χ4v) is 1.08. The van der Waals surface area contributed by atoms with Crippen molar-refractivity contribution in [2.45, 2.75) is 12.5 Å². The molecular formula is C7H10FNO2. The Balaban J connectivity index is 2.43. The molecule has 0 aromatic heterocycles. The van der Waals surface area contributed by atoms with Gasteiger partial charge in [-0.05, 0) is 12.0 Å². The van der Waals surface area contributed by atoms with E-state index in [2.05, 4.69) is 0 Å². The highest BCUT2D eigenvalue weighted by molar-refractivity contribution is 5.74. The number of allylic oxidation sites excluding steroid dienone is 1. The van der Waals surface area contributed by atoms with Crippen molar-refractivity contribution in [1.82, 2.24) is 0 Å². The second-order valence-electron chi connectivity index (χ2n) is 2.69. The van der Waals surface area contributed by atoms with Gasteiger partial charge in [-0.3, -0.25) is 4.79 Å². The molecular weight excluding hydrogens is 149 g/mol. The molecule has 0 fully saturated rings. The van der Waals surface area contributed by atoms with E-state index in [1.54, 1.807) is 6.08 Å². The Labute approximate surface area is 63.7 Å². The van der Waals surface area contributed by atoms with Gasteiger partial charge >= 0.3 is 5.97 Å². The molecule has 4 heteroatoms. The van der Waals surface area contributed by atoms with Crippen molar-refractivity contribution >= 4 is 5.97 Å². The number of nitrogens with two attached hydrogens (primary N) is 1. The predicted molar refractivity (Wildman–Crippen MR) is 37.8 cm³/mol. The average molecular weight is 159 g/mol. The average Bonchev–Trinajstić information content (AvgIpc) is 1.85. The van der Waals surface area contributed by atoms with Crippen molar-refractivity contribution in [3.8, 4) is 0 Å². The van der Waals surface area contributed by atoms with Crippen molar-refractivity contribution in [2.24, 2.45) is 11.7 Å². The zero-order valence-corrected chi connectivity index (χ0v) is 5.96. The summed E-state index contributed by atoms with van der Waals surface area (Å²) in [5.74, 6) is -1.19. The summed E-state index contributed by atoms with van der Waals surface area (Å²) in [6, 6.07) is -0.870. The third kappa shape index (κ3) is 1.57. The Morgan fingerprint density at radius 1 is 2.00 bits per heavy atom. The minimum absolute atomic E-state index is 0.168. The van der Waals surface area contributed by atoms with Crippen LogP contribution < -0.4 is 5.73 Å². The molecule has 0 aliphatic heterocycles. The molecule has 0 aromatic rings. The standard InChI is InChI=1S/C7H10FNO2/c8-3-4-1-5(2-4)6(9)7(10)11/h1,5-6H,2-3,9H2,(H,10,11). The maximum Gasteiger partial charge on any atom is 0.321 e. The van der Waals surface area contributed by atoms with Gasteiger partial charge in [0.2, 0.25) is 0 Å². The van der Waals surface area contributed by atoms with E-state index in [1.807, 2.05) is 0 Å². The van der Waals surface area contributed by atoms with Crippen molar-refractivity contribution in [3.05, 3.63) is 11.6 Å². The molecule has 62 valence electrons. The number of hydrogen-bond acceptors (Lipinski definition) is 2. The van der Waals surface area contributed by atoms with E-state index in [9.17, 15) is 9.18 Å². The van der Waals surface area contributed by atoms with Gasteiger partial charge in [0, 0.05) is 5.92 Å². The van der Waals surface area contributed by atoms with Gasteiger partial charge in [-0.2, -0.15) is 0 Å². The van der Waals surface area contributed by atoms with E-state index >= 15 is 0 Å². The molecule has 0 aromatic carbocycles. The van der Waals surface area contributed by atoms with E-state index in [0.29, 0.717) is 12.0 Å². The van der Waals surface area contributed by atoms with Crippen LogP contribution in [0.3, 0.4) is 0 Å². The van der Waals surface area contributed by atoms with Crippen LogP contribution in [0.2, 0.25) is 0 Å². The number of halogens is 1. The van der Waals surface area contributed by atoms with Crippen LogP contribution in [-0.2, 0) is 4.79 Å². The number of carbonyl (C=O) groups is 1. The van der Waals surface area contributed by atoms with Crippen molar-refractivity contribution < 1.29 is 14.3 Å². The molecule has 0 radical (unpaired) electrons. The third-order valence-electron chi connectivity index (χ3n) is 1.87. The lowest BCUT2D eigenvalue weighted by Crippen LogP contribution is -2.40. The molecule has 0 saturated carbocycles. The Hall–Kier alpha value is -0.900. The number of carboxylic acid groups (broad SMARTS) is 1. The Bertz CT molecular complexity index is 203. The fourth-order valence-electron chi connectivity index (χ4n) is 1.08. The van der Waals surface area contributed by atoms with Crippen LogP contribution in [0.15, 0.2) is 11.6 Å². The summed E-state index contributed by atoms with van der Waals surface area (Å²) < 4.78 is 11.8. The zero-order chi connectivity index (χ0) is 8.43. The van der Waals surface area contributed by atoms with Crippen LogP contribution in [0.4, 0.5) is 4.39 Å². The minimum Gasteiger partial charge on any atom is -0.480 e.